The number of hydrogen-bond acceptors (Lipinski definition) is 2. The van der Waals surface area contributed by atoms with Crippen LogP contribution in [-0.2, 0) is 9.59 Å². The molecule has 0 aliphatic carbocycles. The van der Waals surface area contributed by atoms with Gasteiger partial charge in [-0.3, -0.25) is 9.59 Å². The van der Waals surface area contributed by atoms with E-state index in [-0.39, 0.29) is 23.5 Å². The number of Topliss-reactive ketones (excluding diaryl/α,β-unsaturated/α-hetero) is 1. The third-order valence-corrected chi connectivity index (χ3v) is 3.23. The quantitative estimate of drug-likeness (QED) is 0.711. The maximum Gasteiger partial charge on any atom is 0.317 e. The van der Waals surface area contributed by atoms with Crippen molar-refractivity contribution in [2.45, 2.75) is 48.0 Å². The Morgan fingerprint density at radius 3 is 1.56 bits per heavy atom. The van der Waals surface area contributed by atoms with Gasteiger partial charge >= 0.3 is 5.97 Å². The van der Waals surface area contributed by atoms with Crippen molar-refractivity contribution in [2.24, 2.45) is 23.2 Å². The molecule has 0 aromatic heterocycles. The average Bonchev–Trinajstić information content (AvgIpc) is 1.99. The van der Waals surface area contributed by atoms with Crippen molar-refractivity contribution in [1.29, 1.82) is 0 Å². The van der Waals surface area contributed by atoms with Crippen LogP contribution in [0.25, 0.3) is 0 Å². The number of carboxylic acids is 1. The highest BCUT2D eigenvalue weighted by Gasteiger charge is 2.50. The summed E-state index contributed by atoms with van der Waals surface area (Å²) in [6, 6.07) is 0. The lowest BCUT2D eigenvalue weighted by molar-refractivity contribution is -0.162. The third-order valence-electron chi connectivity index (χ3n) is 3.23. The Labute approximate surface area is 98.2 Å². The minimum Gasteiger partial charge on any atom is -0.480 e. The zero-order chi connectivity index (χ0) is 13.1. The molecule has 0 rings (SSSR count). The minimum atomic E-state index is -1.23. The zero-order valence-electron chi connectivity index (χ0n) is 11.2. The summed E-state index contributed by atoms with van der Waals surface area (Å²) in [5, 5.41) is 9.43. The van der Waals surface area contributed by atoms with Gasteiger partial charge in [0.15, 0.2) is 5.78 Å². The SMILES string of the molecule is CC(C)CC(=O)C(C(=O)O)(C(C)C)C(C)C. The van der Waals surface area contributed by atoms with E-state index < -0.39 is 11.4 Å². The van der Waals surface area contributed by atoms with Crippen LogP contribution < -0.4 is 0 Å². The molecule has 0 fully saturated rings. The first-order valence-electron chi connectivity index (χ1n) is 5.94. The van der Waals surface area contributed by atoms with E-state index in [9.17, 15) is 14.7 Å². The normalized spacial score (nSPS) is 12.6. The molecule has 3 heteroatoms. The first-order valence-corrected chi connectivity index (χ1v) is 5.94. The molecule has 1 N–H and O–H groups in total. The van der Waals surface area contributed by atoms with Gasteiger partial charge in [-0.15, -0.1) is 0 Å². The molecule has 0 bridgehead atoms. The summed E-state index contributed by atoms with van der Waals surface area (Å²) >= 11 is 0. The Hall–Kier alpha value is -0.860. The maximum atomic E-state index is 12.2. The maximum absolute atomic E-state index is 12.2. The van der Waals surface area contributed by atoms with E-state index in [1.807, 2.05) is 41.5 Å². The third kappa shape index (κ3) is 2.63. The molecule has 0 aromatic rings. The molecule has 0 aliphatic rings. The first-order chi connectivity index (χ1) is 7.17. The number of carbonyl (C=O) groups is 2. The Morgan fingerprint density at radius 1 is 1.00 bits per heavy atom. The molecule has 0 saturated carbocycles. The summed E-state index contributed by atoms with van der Waals surface area (Å²) in [6.07, 6.45) is 0.336. The molecular formula is C13H24O3. The summed E-state index contributed by atoms with van der Waals surface area (Å²) in [4.78, 5) is 23.7. The first kappa shape index (κ1) is 15.1. The van der Waals surface area contributed by atoms with Crippen molar-refractivity contribution in [3.05, 3.63) is 0 Å². The molecule has 0 amide bonds. The molecule has 0 unspecified atom stereocenters. The van der Waals surface area contributed by atoms with E-state index in [4.69, 9.17) is 0 Å². The molecule has 0 atom stereocenters. The fourth-order valence-electron chi connectivity index (χ4n) is 2.46. The fourth-order valence-corrected chi connectivity index (χ4v) is 2.46. The predicted octanol–water partition coefficient (Wildman–Crippen LogP) is 2.98. The van der Waals surface area contributed by atoms with Gasteiger partial charge in [0.1, 0.15) is 5.41 Å². The summed E-state index contributed by atoms with van der Waals surface area (Å²) in [7, 11) is 0. The predicted molar refractivity (Wildman–Crippen MR) is 64.2 cm³/mol. The Bertz CT molecular complexity index is 256. The van der Waals surface area contributed by atoms with Gasteiger partial charge in [0.05, 0.1) is 0 Å². The highest BCUT2D eigenvalue weighted by atomic mass is 16.4. The van der Waals surface area contributed by atoms with Crippen molar-refractivity contribution in [1.82, 2.24) is 0 Å². The lowest BCUT2D eigenvalue weighted by Crippen LogP contribution is -2.48. The van der Waals surface area contributed by atoms with Crippen molar-refractivity contribution < 1.29 is 14.7 Å². The van der Waals surface area contributed by atoms with Gasteiger partial charge in [-0.25, -0.2) is 0 Å². The highest BCUT2D eigenvalue weighted by Crippen LogP contribution is 2.39. The highest BCUT2D eigenvalue weighted by molar-refractivity contribution is 6.03. The van der Waals surface area contributed by atoms with Crippen molar-refractivity contribution in [3.8, 4) is 0 Å². The van der Waals surface area contributed by atoms with Crippen LogP contribution in [0.4, 0.5) is 0 Å². The largest absolute Gasteiger partial charge is 0.480 e. The van der Waals surface area contributed by atoms with E-state index in [0.717, 1.165) is 0 Å². The summed E-state index contributed by atoms with van der Waals surface area (Å²) in [5.41, 5.74) is -1.23. The number of hydrogen-bond donors (Lipinski definition) is 1. The van der Waals surface area contributed by atoms with Gasteiger partial charge in [-0.05, 0) is 17.8 Å². The molecule has 0 aliphatic heterocycles. The van der Waals surface area contributed by atoms with Crippen molar-refractivity contribution in [3.63, 3.8) is 0 Å². The van der Waals surface area contributed by atoms with Crippen LogP contribution in [0.1, 0.15) is 48.0 Å². The minimum absolute atomic E-state index is 0.139. The molecule has 0 aromatic carbocycles. The van der Waals surface area contributed by atoms with Crippen LogP contribution in [0, 0.1) is 23.2 Å². The monoisotopic (exact) mass is 228 g/mol. The van der Waals surface area contributed by atoms with Crippen LogP contribution in [0.3, 0.4) is 0 Å². The van der Waals surface area contributed by atoms with Gasteiger partial charge in [-0.1, -0.05) is 41.5 Å². The van der Waals surface area contributed by atoms with E-state index >= 15 is 0 Å². The molecule has 3 nitrogen and oxygen atoms in total. The Morgan fingerprint density at radius 2 is 1.38 bits per heavy atom. The number of rotatable bonds is 6. The van der Waals surface area contributed by atoms with Crippen molar-refractivity contribution in [2.75, 3.05) is 0 Å². The lowest BCUT2D eigenvalue weighted by atomic mass is 9.64. The van der Waals surface area contributed by atoms with Gasteiger partial charge in [0, 0.05) is 6.42 Å². The molecule has 0 saturated heterocycles. The summed E-state index contributed by atoms with van der Waals surface area (Å²) in [5.74, 6) is -1.29. The summed E-state index contributed by atoms with van der Waals surface area (Å²) < 4.78 is 0. The molecule has 0 radical (unpaired) electrons. The second-order valence-corrected chi connectivity index (χ2v) is 5.50. The lowest BCUT2D eigenvalue weighted by Gasteiger charge is -2.36. The molecular weight excluding hydrogens is 204 g/mol. The van der Waals surface area contributed by atoms with Gasteiger partial charge in [0.25, 0.3) is 0 Å². The fraction of sp³-hybridized carbons (Fsp3) is 0.846. The Balaban J connectivity index is 5.36. The number of carboxylic acid groups (broad SMARTS) is 1. The van der Waals surface area contributed by atoms with Crippen LogP contribution in [0.5, 0.6) is 0 Å². The number of carbonyl (C=O) groups excluding carboxylic acids is 1. The van der Waals surface area contributed by atoms with E-state index in [1.54, 1.807) is 0 Å². The van der Waals surface area contributed by atoms with Gasteiger partial charge in [-0.2, -0.15) is 0 Å². The second kappa shape index (κ2) is 5.46. The Kier molecular flexibility index (Phi) is 5.17. The second-order valence-electron chi connectivity index (χ2n) is 5.50. The van der Waals surface area contributed by atoms with Gasteiger partial charge < -0.3 is 5.11 Å². The topological polar surface area (TPSA) is 54.4 Å². The molecule has 0 heterocycles. The number of aliphatic carboxylic acids is 1. The van der Waals surface area contributed by atoms with Gasteiger partial charge in [0.2, 0.25) is 0 Å². The zero-order valence-corrected chi connectivity index (χ0v) is 11.2. The van der Waals surface area contributed by atoms with Crippen LogP contribution in [0.2, 0.25) is 0 Å². The van der Waals surface area contributed by atoms with E-state index in [0.29, 0.717) is 6.42 Å². The van der Waals surface area contributed by atoms with Crippen molar-refractivity contribution >= 4 is 11.8 Å². The summed E-state index contributed by atoms with van der Waals surface area (Å²) in [6.45, 7) is 11.1. The number of ketones is 1. The molecule has 16 heavy (non-hydrogen) atoms. The van der Waals surface area contributed by atoms with Crippen LogP contribution in [-0.4, -0.2) is 16.9 Å². The van der Waals surface area contributed by atoms with Crippen LogP contribution in [0.15, 0.2) is 0 Å². The molecule has 94 valence electrons. The smallest absolute Gasteiger partial charge is 0.317 e. The average molecular weight is 228 g/mol. The standard InChI is InChI=1S/C13H24O3/c1-8(2)7-11(14)13(9(3)4,10(5)6)12(15)16/h8-10H,7H2,1-6H3,(H,15,16). The van der Waals surface area contributed by atoms with E-state index in [2.05, 4.69) is 0 Å². The molecule has 0 spiro atoms. The van der Waals surface area contributed by atoms with Crippen LogP contribution >= 0.6 is 0 Å². The van der Waals surface area contributed by atoms with E-state index in [1.165, 1.54) is 0 Å².